The molecule has 2 N–H and O–H groups in total. The third kappa shape index (κ3) is 5.21. The van der Waals surface area contributed by atoms with Gasteiger partial charge in [0.1, 0.15) is 0 Å². The zero-order valence-corrected chi connectivity index (χ0v) is 14.7. The van der Waals surface area contributed by atoms with E-state index in [1.54, 1.807) is 0 Å². The lowest BCUT2D eigenvalue weighted by atomic mass is 10.1. The summed E-state index contributed by atoms with van der Waals surface area (Å²) in [5.74, 6) is 0.286. The molecule has 5 nitrogen and oxygen atoms in total. The van der Waals surface area contributed by atoms with Crippen LogP contribution < -0.4 is 10.6 Å². The molecule has 1 aromatic rings. The molecular weight excluding hydrogens is 326 g/mol. The number of benzene rings is 1. The fourth-order valence-electron chi connectivity index (χ4n) is 3.36. The molecule has 2 fully saturated rings. The molecule has 0 saturated carbocycles. The predicted octanol–water partition coefficient (Wildman–Crippen LogP) is 2.70. The van der Waals surface area contributed by atoms with E-state index in [9.17, 15) is 9.59 Å². The summed E-state index contributed by atoms with van der Waals surface area (Å²) >= 11 is 0. The molecule has 132 valence electrons. The zero-order valence-electron chi connectivity index (χ0n) is 13.9. The number of carbonyl (C=O) groups excluding carboxylic acids is 2. The Morgan fingerprint density at radius 3 is 2.92 bits per heavy atom. The first-order valence-corrected chi connectivity index (χ1v) is 8.61. The van der Waals surface area contributed by atoms with Gasteiger partial charge in [0, 0.05) is 37.7 Å². The lowest BCUT2D eigenvalue weighted by Crippen LogP contribution is -2.34. The van der Waals surface area contributed by atoms with Gasteiger partial charge in [0.25, 0.3) is 0 Å². The minimum absolute atomic E-state index is 0. The molecule has 0 spiro atoms. The largest absolute Gasteiger partial charge is 0.338 e. The molecule has 2 aliphatic rings. The van der Waals surface area contributed by atoms with Crippen LogP contribution in [0.2, 0.25) is 0 Å². The van der Waals surface area contributed by atoms with Crippen LogP contribution in [0.4, 0.5) is 5.69 Å². The van der Waals surface area contributed by atoms with Crippen LogP contribution in [0.15, 0.2) is 24.3 Å². The van der Waals surface area contributed by atoms with Gasteiger partial charge in [0.15, 0.2) is 0 Å². The van der Waals surface area contributed by atoms with Gasteiger partial charge in [-0.15, -0.1) is 12.4 Å². The fourth-order valence-corrected chi connectivity index (χ4v) is 3.36. The van der Waals surface area contributed by atoms with Gasteiger partial charge >= 0.3 is 0 Å². The molecule has 1 aromatic carbocycles. The number of carbonyl (C=O) groups is 2. The Kier molecular flexibility index (Phi) is 7.06. The maximum atomic E-state index is 12.1. The van der Waals surface area contributed by atoms with Gasteiger partial charge in [0.05, 0.1) is 0 Å². The summed E-state index contributed by atoms with van der Waals surface area (Å²) in [5, 5.41) is 6.31. The Morgan fingerprint density at radius 1 is 1.29 bits per heavy atom. The second kappa shape index (κ2) is 9.04. The van der Waals surface area contributed by atoms with E-state index in [0.29, 0.717) is 25.4 Å². The molecule has 6 heteroatoms. The Labute approximate surface area is 149 Å². The van der Waals surface area contributed by atoms with Crippen molar-refractivity contribution < 1.29 is 9.59 Å². The summed E-state index contributed by atoms with van der Waals surface area (Å²) in [4.78, 5) is 25.9. The average Bonchev–Trinajstić information content (AvgIpc) is 3.03. The summed E-state index contributed by atoms with van der Waals surface area (Å²) in [5.41, 5.74) is 1.88. The molecule has 2 amide bonds. The van der Waals surface area contributed by atoms with Crippen LogP contribution in [0.3, 0.4) is 0 Å². The van der Waals surface area contributed by atoms with Crippen molar-refractivity contribution in [1.82, 2.24) is 10.2 Å². The monoisotopic (exact) mass is 351 g/mol. The molecule has 0 aromatic heterocycles. The Morgan fingerprint density at radius 2 is 2.17 bits per heavy atom. The average molecular weight is 352 g/mol. The molecular formula is C18H26ClN3O2. The number of halogens is 1. The minimum atomic E-state index is 0. The van der Waals surface area contributed by atoms with E-state index in [1.807, 2.05) is 29.2 Å². The molecule has 1 atom stereocenters. The van der Waals surface area contributed by atoms with Gasteiger partial charge in [-0.3, -0.25) is 9.59 Å². The third-order valence-electron chi connectivity index (χ3n) is 4.60. The maximum absolute atomic E-state index is 12.1. The summed E-state index contributed by atoms with van der Waals surface area (Å²) in [6.07, 6.45) is 5.48. The number of likely N-dealkylation sites (tertiary alicyclic amines) is 1. The Bertz CT molecular complexity index is 573. The number of amides is 2. The molecule has 0 radical (unpaired) electrons. The van der Waals surface area contributed by atoms with Crippen molar-refractivity contribution >= 4 is 29.9 Å². The van der Waals surface area contributed by atoms with Gasteiger partial charge in [-0.05, 0) is 49.9 Å². The summed E-state index contributed by atoms with van der Waals surface area (Å²) < 4.78 is 0. The van der Waals surface area contributed by atoms with Crippen molar-refractivity contribution in [3.05, 3.63) is 29.8 Å². The van der Waals surface area contributed by atoms with E-state index in [4.69, 9.17) is 0 Å². The first-order chi connectivity index (χ1) is 11.2. The number of hydrogen-bond donors (Lipinski definition) is 2. The second-order valence-electron chi connectivity index (χ2n) is 6.52. The van der Waals surface area contributed by atoms with Crippen molar-refractivity contribution in [2.75, 3.05) is 18.4 Å². The van der Waals surface area contributed by atoms with Crippen LogP contribution >= 0.6 is 12.4 Å². The number of anilines is 1. The van der Waals surface area contributed by atoms with E-state index in [-0.39, 0.29) is 24.2 Å². The highest BCUT2D eigenvalue weighted by molar-refractivity contribution is 5.91. The van der Waals surface area contributed by atoms with Crippen molar-refractivity contribution in [3.63, 3.8) is 0 Å². The van der Waals surface area contributed by atoms with Crippen molar-refractivity contribution in [1.29, 1.82) is 0 Å². The lowest BCUT2D eigenvalue weighted by molar-refractivity contribution is -0.133. The van der Waals surface area contributed by atoms with Crippen LogP contribution in [0.5, 0.6) is 0 Å². The number of rotatable bonds is 5. The van der Waals surface area contributed by atoms with E-state index in [1.165, 1.54) is 0 Å². The molecule has 24 heavy (non-hydrogen) atoms. The number of piperidine rings is 1. The number of hydrogen-bond acceptors (Lipinski definition) is 3. The molecule has 0 aliphatic carbocycles. The van der Waals surface area contributed by atoms with Gasteiger partial charge < -0.3 is 15.5 Å². The molecule has 0 bridgehead atoms. The molecule has 3 rings (SSSR count). The fraction of sp³-hybridized carbons (Fsp3) is 0.556. The minimum Gasteiger partial charge on any atom is -0.338 e. The highest BCUT2D eigenvalue weighted by Crippen LogP contribution is 2.18. The number of nitrogens with one attached hydrogen (secondary N) is 2. The topological polar surface area (TPSA) is 61.4 Å². The third-order valence-corrected chi connectivity index (χ3v) is 4.60. The van der Waals surface area contributed by atoms with Crippen LogP contribution in [0.25, 0.3) is 0 Å². The normalized spacial score (nSPS) is 20.6. The van der Waals surface area contributed by atoms with E-state index < -0.39 is 0 Å². The first-order valence-electron chi connectivity index (χ1n) is 8.61. The van der Waals surface area contributed by atoms with E-state index in [0.717, 1.165) is 50.0 Å². The smallest absolute Gasteiger partial charge is 0.225 e. The maximum Gasteiger partial charge on any atom is 0.225 e. The Balaban J connectivity index is 0.00000208. The summed E-state index contributed by atoms with van der Waals surface area (Å²) in [6.45, 7) is 2.48. The quantitative estimate of drug-likeness (QED) is 0.857. The predicted molar refractivity (Wildman–Crippen MR) is 97.2 cm³/mol. The highest BCUT2D eigenvalue weighted by atomic mass is 35.5. The standard InChI is InChI=1S/C18H25N3O2.ClH/c22-17(12-15-7-4-9-19-15)20-16-6-3-5-14(11-16)13-21-10-2-1-8-18(21)23;/h3,5-6,11,15,19H,1-2,4,7-10,12-13H2,(H,20,22);1H. The highest BCUT2D eigenvalue weighted by Gasteiger charge is 2.19. The van der Waals surface area contributed by atoms with Crippen molar-refractivity contribution in [2.45, 2.75) is 51.1 Å². The van der Waals surface area contributed by atoms with Crippen LogP contribution in [0.1, 0.15) is 44.1 Å². The molecule has 2 saturated heterocycles. The van der Waals surface area contributed by atoms with E-state index in [2.05, 4.69) is 10.6 Å². The van der Waals surface area contributed by atoms with Gasteiger partial charge in [-0.25, -0.2) is 0 Å². The van der Waals surface area contributed by atoms with E-state index >= 15 is 0 Å². The zero-order chi connectivity index (χ0) is 16.1. The second-order valence-corrected chi connectivity index (χ2v) is 6.52. The Hall–Kier alpha value is -1.59. The summed E-state index contributed by atoms with van der Waals surface area (Å²) in [7, 11) is 0. The molecule has 2 heterocycles. The van der Waals surface area contributed by atoms with Gasteiger partial charge in [-0.2, -0.15) is 0 Å². The lowest BCUT2D eigenvalue weighted by Gasteiger charge is -2.26. The SMILES string of the molecule is Cl.O=C(CC1CCCN1)Nc1cccc(CN2CCCCC2=O)c1. The van der Waals surface area contributed by atoms with Crippen molar-refractivity contribution in [3.8, 4) is 0 Å². The summed E-state index contributed by atoms with van der Waals surface area (Å²) in [6, 6.07) is 8.14. The van der Waals surface area contributed by atoms with Gasteiger partial charge in [-0.1, -0.05) is 12.1 Å². The van der Waals surface area contributed by atoms with Crippen LogP contribution in [-0.2, 0) is 16.1 Å². The molecule has 1 unspecified atom stereocenters. The number of nitrogens with zero attached hydrogens (tertiary/aromatic N) is 1. The molecule has 2 aliphatic heterocycles. The van der Waals surface area contributed by atoms with Crippen LogP contribution in [-0.4, -0.2) is 35.8 Å². The van der Waals surface area contributed by atoms with Crippen LogP contribution in [0, 0.1) is 0 Å². The van der Waals surface area contributed by atoms with Gasteiger partial charge in [0.2, 0.25) is 11.8 Å². The first kappa shape index (κ1) is 18.7. The van der Waals surface area contributed by atoms with Crippen molar-refractivity contribution in [2.24, 2.45) is 0 Å².